The van der Waals surface area contributed by atoms with Crippen LogP contribution >= 0.6 is 35.6 Å². The minimum Gasteiger partial charge on any atom is -0.331 e. The van der Waals surface area contributed by atoms with E-state index in [1.807, 2.05) is 18.2 Å². The molecule has 0 spiro atoms. The highest BCUT2D eigenvalue weighted by Gasteiger charge is 2.17. The van der Waals surface area contributed by atoms with Gasteiger partial charge in [0, 0.05) is 6.54 Å². The van der Waals surface area contributed by atoms with E-state index in [9.17, 15) is 0 Å². The van der Waals surface area contributed by atoms with Crippen molar-refractivity contribution >= 4 is 46.6 Å². The maximum Gasteiger partial charge on any atom is 0.178 e. The number of para-hydroxylation sites is 1. The van der Waals surface area contributed by atoms with Gasteiger partial charge in [0.2, 0.25) is 0 Å². The summed E-state index contributed by atoms with van der Waals surface area (Å²) in [6, 6.07) is 5.92. The summed E-state index contributed by atoms with van der Waals surface area (Å²) in [5.74, 6) is 3.27. The molecule has 3 rings (SSSR count). The standard InChI is InChI=1S/C13H15ClN2S2/c14-10-2-1-3-11-12(10)16(13(17)15-11)8-9-4-6-18-7-5-9/h1-3,9H,4-8H2,(H,15,17). The Morgan fingerprint density at radius 2 is 2.17 bits per heavy atom. The molecule has 5 heteroatoms. The van der Waals surface area contributed by atoms with Gasteiger partial charge in [-0.2, -0.15) is 11.8 Å². The molecule has 0 bridgehead atoms. The first-order valence-corrected chi connectivity index (χ1v) is 8.14. The molecule has 2 nitrogen and oxygen atoms in total. The number of fused-ring (bicyclic) bond motifs is 1. The number of benzene rings is 1. The van der Waals surface area contributed by atoms with E-state index >= 15 is 0 Å². The third kappa shape index (κ3) is 2.33. The number of nitrogens with zero attached hydrogens (tertiary/aromatic N) is 1. The van der Waals surface area contributed by atoms with E-state index in [-0.39, 0.29) is 0 Å². The first-order chi connectivity index (χ1) is 8.75. The summed E-state index contributed by atoms with van der Waals surface area (Å²) in [6.07, 6.45) is 2.56. The molecule has 0 unspecified atom stereocenters. The fourth-order valence-corrected chi connectivity index (χ4v) is 4.29. The van der Waals surface area contributed by atoms with Gasteiger partial charge < -0.3 is 9.55 Å². The first kappa shape index (κ1) is 12.6. The smallest absolute Gasteiger partial charge is 0.178 e. The minimum absolute atomic E-state index is 0.730. The fraction of sp³-hybridized carbons (Fsp3) is 0.462. The lowest BCUT2D eigenvalue weighted by atomic mass is 10.0. The van der Waals surface area contributed by atoms with E-state index in [4.69, 9.17) is 23.8 Å². The van der Waals surface area contributed by atoms with Crippen molar-refractivity contribution in [2.45, 2.75) is 19.4 Å². The lowest BCUT2D eigenvalue weighted by Gasteiger charge is -2.22. The van der Waals surface area contributed by atoms with Crippen molar-refractivity contribution in [3.05, 3.63) is 28.0 Å². The third-order valence-corrected chi connectivity index (χ3v) is 5.20. The zero-order valence-electron chi connectivity index (χ0n) is 9.99. The lowest BCUT2D eigenvalue weighted by Crippen LogP contribution is -2.16. The van der Waals surface area contributed by atoms with Gasteiger partial charge in [0.05, 0.1) is 16.1 Å². The van der Waals surface area contributed by atoms with E-state index in [2.05, 4.69) is 21.3 Å². The summed E-state index contributed by atoms with van der Waals surface area (Å²) < 4.78 is 2.96. The maximum atomic E-state index is 6.30. The second-order valence-corrected chi connectivity index (χ2v) is 6.75. The van der Waals surface area contributed by atoms with E-state index in [1.165, 1.54) is 24.3 Å². The van der Waals surface area contributed by atoms with Gasteiger partial charge in [-0.05, 0) is 54.6 Å². The van der Waals surface area contributed by atoms with Crippen LogP contribution in [0.25, 0.3) is 11.0 Å². The van der Waals surface area contributed by atoms with Crippen LogP contribution in [0, 0.1) is 10.7 Å². The monoisotopic (exact) mass is 298 g/mol. The van der Waals surface area contributed by atoms with Crippen LogP contribution in [-0.2, 0) is 6.54 Å². The topological polar surface area (TPSA) is 20.7 Å². The molecule has 18 heavy (non-hydrogen) atoms. The molecule has 1 aromatic heterocycles. The van der Waals surface area contributed by atoms with Crippen LogP contribution in [0.2, 0.25) is 5.02 Å². The fourth-order valence-electron chi connectivity index (χ4n) is 2.54. The molecule has 1 aromatic carbocycles. The molecule has 1 aliphatic heterocycles. The van der Waals surface area contributed by atoms with Crippen LogP contribution < -0.4 is 0 Å². The second-order valence-electron chi connectivity index (χ2n) is 4.73. The quantitative estimate of drug-likeness (QED) is 0.824. The largest absolute Gasteiger partial charge is 0.331 e. The summed E-state index contributed by atoms with van der Waals surface area (Å²) in [4.78, 5) is 3.25. The molecule has 1 saturated heterocycles. The molecule has 2 aromatic rings. The van der Waals surface area contributed by atoms with Crippen molar-refractivity contribution in [2.24, 2.45) is 5.92 Å². The van der Waals surface area contributed by atoms with E-state index in [0.717, 1.165) is 33.3 Å². The van der Waals surface area contributed by atoms with Crippen LogP contribution in [-0.4, -0.2) is 21.1 Å². The number of aromatic amines is 1. The van der Waals surface area contributed by atoms with E-state index < -0.39 is 0 Å². The predicted octanol–water partition coefficient (Wildman–Crippen LogP) is 4.50. The van der Waals surface area contributed by atoms with Gasteiger partial charge in [-0.15, -0.1) is 0 Å². The Kier molecular flexibility index (Phi) is 3.68. The van der Waals surface area contributed by atoms with Gasteiger partial charge in [-0.25, -0.2) is 0 Å². The Labute approximate surface area is 121 Å². The Morgan fingerprint density at radius 1 is 1.39 bits per heavy atom. The van der Waals surface area contributed by atoms with E-state index in [0.29, 0.717) is 0 Å². The number of thioether (sulfide) groups is 1. The maximum absolute atomic E-state index is 6.30. The number of nitrogens with one attached hydrogen (secondary N) is 1. The molecule has 0 aliphatic carbocycles. The van der Waals surface area contributed by atoms with Gasteiger partial charge in [-0.1, -0.05) is 17.7 Å². The molecule has 1 fully saturated rings. The van der Waals surface area contributed by atoms with E-state index in [1.54, 1.807) is 0 Å². The third-order valence-electron chi connectivity index (χ3n) is 3.53. The van der Waals surface area contributed by atoms with Crippen LogP contribution in [0.1, 0.15) is 12.8 Å². The Morgan fingerprint density at radius 3 is 2.94 bits per heavy atom. The number of halogens is 1. The highest BCUT2D eigenvalue weighted by molar-refractivity contribution is 7.99. The normalized spacial score (nSPS) is 17.4. The molecule has 2 heterocycles. The molecule has 0 atom stereocenters. The number of imidazole rings is 1. The molecule has 96 valence electrons. The zero-order chi connectivity index (χ0) is 12.5. The Balaban J connectivity index is 2.00. The Bertz CT molecular complexity index is 611. The Hall–Kier alpha value is -0.450. The molecule has 1 N–H and O–H groups in total. The van der Waals surface area contributed by atoms with Gasteiger partial charge in [0.15, 0.2) is 4.77 Å². The SMILES string of the molecule is S=c1[nH]c2cccc(Cl)c2n1CC1CCSCC1. The van der Waals surface area contributed by atoms with Crippen molar-refractivity contribution in [3.8, 4) is 0 Å². The number of hydrogen-bond acceptors (Lipinski definition) is 2. The van der Waals surface area contributed by atoms with Gasteiger partial charge >= 0.3 is 0 Å². The zero-order valence-corrected chi connectivity index (χ0v) is 12.4. The molecular weight excluding hydrogens is 284 g/mol. The lowest BCUT2D eigenvalue weighted by molar-refractivity contribution is 0.420. The summed E-state index contributed by atoms with van der Waals surface area (Å²) in [5.41, 5.74) is 2.10. The van der Waals surface area contributed by atoms with Crippen LogP contribution in [0.15, 0.2) is 18.2 Å². The summed E-state index contributed by atoms with van der Waals surface area (Å²) in [7, 11) is 0. The van der Waals surface area contributed by atoms with Crippen LogP contribution in [0.5, 0.6) is 0 Å². The van der Waals surface area contributed by atoms with Gasteiger partial charge in [-0.3, -0.25) is 0 Å². The van der Waals surface area contributed by atoms with Crippen LogP contribution in [0.4, 0.5) is 0 Å². The van der Waals surface area contributed by atoms with Crippen molar-refractivity contribution < 1.29 is 0 Å². The highest BCUT2D eigenvalue weighted by Crippen LogP contribution is 2.28. The summed E-state index contributed by atoms with van der Waals surface area (Å²) in [5, 5.41) is 0.782. The van der Waals surface area contributed by atoms with Crippen molar-refractivity contribution in [3.63, 3.8) is 0 Å². The highest BCUT2D eigenvalue weighted by atomic mass is 35.5. The van der Waals surface area contributed by atoms with Gasteiger partial charge in [0.1, 0.15) is 0 Å². The first-order valence-electron chi connectivity index (χ1n) is 6.20. The minimum atomic E-state index is 0.730. The average molecular weight is 299 g/mol. The van der Waals surface area contributed by atoms with Crippen molar-refractivity contribution in [1.82, 2.24) is 9.55 Å². The van der Waals surface area contributed by atoms with Gasteiger partial charge in [0.25, 0.3) is 0 Å². The molecule has 0 amide bonds. The molecule has 0 saturated carbocycles. The predicted molar refractivity (Wildman–Crippen MR) is 82.2 cm³/mol. The van der Waals surface area contributed by atoms with Crippen molar-refractivity contribution in [1.29, 1.82) is 0 Å². The number of aromatic nitrogens is 2. The average Bonchev–Trinajstić information content (AvgIpc) is 2.69. The van der Waals surface area contributed by atoms with Crippen LogP contribution in [0.3, 0.4) is 0 Å². The molecule has 1 aliphatic rings. The number of rotatable bonds is 2. The second kappa shape index (κ2) is 5.27. The van der Waals surface area contributed by atoms with Crippen molar-refractivity contribution in [2.75, 3.05) is 11.5 Å². The number of H-pyrrole nitrogens is 1. The number of hydrogen-bond donors (Lipinski definition) is 1. The molecular formula is C13H15ClN2S2. The molecule has 0 radical (unpaired) electrons. The summed E-state index contributed by atoms with van der Waals surface area (Å²) in [6.45, 7) is 0.989. The summed E-state index contributed by atoms with van der Waals surface area (Å²) >= 11 is 13.8.